The number of hydrogen-bond donors (Lipinski definition) is 1. The van der Waals surface area contributed by atoms with Crippen LogP contribution < -0.4 is 0 Å². The molecule has 0 aromatic heterocycles. The molecule has 3 aliphatic rings. The van der Waals surface area contributed by atoms with Crippen LogP contribution in [0.5, 0.6) is 0 Å². The second-order valence-electron chi connectivity index (χ2n) is 7.74. The molecule has 2 saturated carbocycles. The molecule has 5 heteroatoms. The Balaban J connectivity index is 1.99. The third-order valence-corrected chi connectivity index (χ3v) is 6.30. The number of aliphatic hydroxyl groups excluding tert-OH is 1. The monoisotopic (exact) mass is 346 g/mol. The number of esters is 2. The summed E-state index contributed by atoms with van der Waals surface area (Å²) in [6.45, 7) is 13.5. The Hall–Kier alpha value is -1.88. The number of carbonyl (C=O) groups excluding carboxylic acids is 2. The Morgan fingerprint density at radius 3 is 2.76 bits per heavy atom. The fourth-order valence-electron chi connectivity index (χ4n) is 4.69. The standard InChI is InChI=1S/C20H26O5/c1-6-10(2)18(22)24-13-9-20(5)14(21)8-7-11(3)16(20)17-15(13)12(4)19(23)25-17/h6,13-17,21H,3-4,7-9H2,1-2,5H3/t13-,14-,15-,16-,17+,20+/m1/s1. The summed E-state index contributed by atoms with van der Waals surface area (Å²) in [5, 5.41) is 10.7. The zero-order valence-corrected chi connectivity index (χ0v) is 15.1. The Labute approximate surface area is 148 Å². The Morgan fingerprint density at radius 2 is 2.12 bits per heavy atom. The molecular weight excluding hydrogens is 320 g/mol. The lowest BCUT2D eigenvalue weighted by Gasteiger charge is -2.54. The Bertz CT molecular complexity index is 676. The molecule has 0 radical (unpaired) electrons. The van der Waals surface area contributed by atoms with Gasteiger partial charge in [0.25, 0.3) is 0 Å². The molecule has 1 heterocycles. The lowest BCUT2D eigenvalue weighted by atomic mass is 9.53. The molecule has 0 amide bonds. The number of ether oxygens (including phenoxy) is 2. The highest BCUT2D eigenvalue weighted by Gasteiger charge is 2.62. The summed E-state index contributed by atoms with van der Waals surface area (Å²) < 4.78 is 11.3. The molecule has 0 aromatic rings. The highest BCUT2D eigenvalue weighted by atomic mass is 16.6. The summed E-state index contributed by atoms with van der Waals surface area (Å²) in [5.74, 6) is -1.40. The van der Waals surface area contributed by atoms with E-state index in [9.17, 15) is 14.7 Å². The van der Waals surface area contributed by atoms with Crippen LogP contribution in [0, 0.1) is 17.3 Å². The van der Waals surface area contributed by atoms with E-state index in [0.717, 1.165) is 5.57 Å². The minimum Gasteiger partial charge on any atom is -0.458 e. The predicted octanol–water partition coefficient (Wildman–Crippen LogP) is 2.70. The summed E-state index contributed by atoms with van der Waals surface area (Å²) in [6, 6.07) is 0. The van der Waals surface area contributed by atoms with Gasteiger partial charge in [0.15, 0.2) is 0 Å². The Morgan fingerprint density at radius 1 is 1.44 bits per heavy atom. The van der Waals surface area contributed by atoms with Crippen LogP contribution in [-0.4, -0.2) is 35.4 Å². The van der Waals surface area contributed by atoms with Gasteiger partial charge in [-0.3, -0.25) is 0 Å². The van der Waals surface area contributed by atoms with E-state index in [1.54, 1.807) is 19.9 Å². The molecule has 6 atom stereocenters. The van der Waals surface area contributed by atoms with Gasteiger partial charge in [-0.15, -0.1) is 0 Å². The summed E-state index contributed by atoms with van der Waals surface area (Å²) >= 11 is 0. The van der Waals surface area contributed by atoms with Crippen molar-refractivity contribution in [3.63, 3.8) is 0 Å². The van der Waals surface area contributed by atoms with Crippen molar-refractivity contribution in [1.29, 1.82) is 0 Å². The van der Waals surface area contributed by atoms with Crippen LogP contribution >= 0.6 is 0 Å². The van der Waals surface area contributed by atoms with Gasteiger partial charge in [-0.25, -0.2) is 9.59 Å². The lowest BCUT2D eigenvalue weighted by Crippen LogP contribution is -2.58. The molecule has 0 bridgehead atoms. The second-order valence-corrected chi connectivity index (χ2v) is 7.74. The van der Waals surface area contributed by atoms with Crippen molar-refractivity contribution in [3.8, 4) is 0 Å². The average Bonchev–Trinajstić information content (AvgIpc) is 2.85. The zero-order valence-electron chi connectivity index (χ0n) is 15.1. The van der Waals surface area contributed by atoms with Crippen LogP contribution in [0.2, 0.25) is 0 Å². The smallest absolute Gasteiger partial charge is 0.334 e. The van der Waals surface area contributed by atoms with Crippen molar-refractivity contribution in [2.24, 2.45) is 17.3 Å². The van der Waals surface area contributed by atoms with Crippen molar-refractivity contribution in [1.82, 2.24) is 0 Å². The van der Waals surface area contributed by atoms with Crippen LogP contribution in [-0.2, 0) is 19.1 Å². The van der Waals surface area contributed by atoms with Crippen molar-refractivity contribution >= 4 is 11.9 Å². The molecule has 136 valence electrons. The van der Waals surface area contributed by atoms with Gasteiger partial charge in [0.1, 0.15) is 12.2 Å². The third kappa shape index (κ3) is 2.65. The number of hydrogen-bond acceptors (Lipinski definition) is 5. The highest BCUT2D eigenvalue weighted by Crippen LogP contribution is 2.57. The molecule has 1 N–H and O–H groups in total. The number of carbonyl (C=O) groups is 2. The van der Waals surface area contributed by atoms with E-state index < -0.39 is 35.7 Å². The first-order valence-corrected chi connectivity index (χ1v) is 8.80. The first-order chi connectivity index (χ1) is 11.7. The summed E-state index contributed by atoms with van der Waals surface area (Å²) in [4.78, 5) is 24.5. The van der Waals surface area contributed by atoms with Crippen molar-refractivity contribution < 1.29 is 24.2 Å². The lowest BCUT2D eigenvalue weighted by molar-refractivity contribution is -0.175. The minimum absolute atomic E-state index is 0.151. The number of fused-ring (bicyclic) bond motifs is 3. The van der Waals surface area contributed by atoms with E-state index in [0.29, 0.717) is 30.4 Å². The van der Waals surface area contributed by atoms with E-state index in [-0.39, 0.29) is 11.8 Å². The molecule has 1 saturated heterocycles. The van der Waals surface area contributed by atoms with Crippen LogP contribution in [0.3, 0.4) is 0 Å². The molecule has 3 fully saturated rings. The van der Waals surface area contributed by atoms with Crippen molar-refractivity contribution in [3.05, 3.63) is 36.0 Å². The quantitative estimate of drug-likeness (QED) is 0.473. The first kappa shape index (κ1) is 17.9. The SMILES string of the molecule is C=C1C(=O)O[C@H]2[C@H]1[C@H](OC(=O)C(C)=CC)C[C@@]1(C)[C@H](O)CCC(=C)[C@H]21. The van der Waals surface area contributed by atoms with Gasteiger partial charge in [-0.1, -0.05) is 31.7 Å². The normalized spacial score (nSPS) is 41.0. The minimum atomic E-state index is -0.555. The van der Waals surface area contributed by atoms with Crippen LogP contribution in [0.4, 0.5) is 0 Å². The van der Waals surface area contributed by atoms with Gasteiger partial charge in [-0.05, 0) is 33.1 Å². The third-order valence-electron chi connectivity index (χ3n) is 6.30. The summed E-state index contributed by atoms with van der Waals surface area (Å²) in [7, 11) is 0. The van der Waals surface area contributed by atoms with E-state index in [1.807, 2.05) is 6.92 Å². The molecule has 3 rings (SSSR count). The fourth-order valence-corrected chi connectivity index (χ4v) is 4.69. The molecule has 2 aliphatic carbocycles. The molecule has 0 spiro atoms. The maximum atomic E-state index is 12.3. The zero-order chi connectivity index (χ0) is 18.5. The molecule has 0 unspecified atom stereocenters. The summed E-state index contributed by atoms with van der Waals surface area (Å²) in [5.41, 5.74) is 1.29. The number of rotatable bonds is 2. The molecule has 5 nitrogen and oxygen atoms in total. The fraction of sp³-hybridized carbons (Fsp3) is 0.600. The van der Waals surface area contributed by atoms with Gasteiger partial charge in [-0.2, -0.15) is 0 Å². The maximum absolute atomic E-state index is 12.3. The van der Waals surface area contributed by atoms with E-state index in [2.05, 4.69) is 13.2 Å². The van der Waals surface area contributed by atoms with Gasteiger partial charge in [0.2, 0.25) is 0 Å². The van der Waals surface area contributed by atoms with Crippen molar-refractivity contribution in [2.75, 3.05) is 0 Å². The van der Waals surface area contributed by atoms with E-state index in [4.69, 9.17) is 9.47 Å². The van der Waals surface area contributed by atoms with Gasteiger partial charge >= 0.3 is 11.9 Å². The van der Waals surface area contributed by atoms with Gasteiger partial charge < -0.3 is 14.6 Å². The maximum Gasteiger partial charge on any atom is 0.334 e. The van der Waals surface area contributed by atoms with Crippen molar-refractivity contribution in [2.45, 2.75) is 58.3 Å². The van der Waals surface area contributed by atoms with Crippen LogP contribution in [0.1, 0.15) is 40.0 Å². The van der Waals surface area contributed by atoms with Crippen LogP contribution in [0.15, 0.2) is 36.0 Å². The van der Waals surface area contributed by atoms with E-state index >= 15 is 0 Å². The average molecular weight is 346 g/mol. The van der Waals surface area contributed by atoms with E-state index in [1.165, 1.54) is 0 Å². The topological polar surface area (TPSA) is 72.8 Å². The second kappa shape index (κ2) is 6.13. The van der Waals surface area contributed by atoms with Gasteiger partial charge in [0.05, 0.1) is 12.0 Å². The number of aliphatic hydroxyl groups is 1. The molecule has 25 heavy (non-hydrogen) atoms. The molecular formula is C20H26O5. The summed E-state index contributed by atoms with van der Waals surface area (Å²) in [6.07, 6.45) is 1.88. The first-order valence-electron chi connectivity index (χ1n) is 8.80. The Kier molecular flexibility index (Phi) is 4.40. The molecule has 0 aromatic carbocycles. The predicted molar refractivity (Wildman–Crippen MR) is 92.4 cm³/mol. The van der Waals surface area contributed by atoms with Crippen LogP contribution in [0.25, 0.3) is 0 Å². The molecule has 1 aliphatic heterocycles. The highest BCUT2D eigenvalue weighted by molar-refractivity contribution is 5.92. The van der Waals surface area contributed by atoms with Gasteiger partial charge in [0, 0.05) is 22.5 Å². The largest absolute Gasteiger partial charge is 0.458 e. The number of allylic oxidation sites excluding steroid dienone is 1.